The molecule has 0 saturated heterocycles. The number of esters is 2. The molecule has 1 amide bonds. The van der Waals surface area contributed by atoms with Crippen molar-refractivity contribution in [2.75, 3.05) is 4.90 Å². The molecule has 0 bridgehead atoms. The van der Waals surface area contributed by atoms with Gasteiger partial charge < -0.3 is 14.4 Å². The Labute approximate surface area is 173 Å². The number of nitrogens with zero attached hydrogens (tertiary/aromatic N) is 1. The maximum atomic E-state index is 13.5. The van der Waals surface area contributed by atoms with Crippen LogP contribution < -0.4 is 14.4 Å². The highest BCUT2D eigenvalue weighted by atomic mass is 35.5. The fraction of sp³-hybridized carbons (Fsp3) is 0.286. The highest BCUT2D eigenvalue weighted by Crippen LogP contribution is 2.35. The highest BCUT2D eigenvalue weighted by molar-refractivity contribution is 6.32. The molecule has 154 valence electrons. The minimum Gasteiger partial charge on any atom is -0.426 e. The summed E-state index contributed by atoms with van der Waals surface area (Å²) in [5.41, 5.74) is 1.06. The number of halogens is 2. The quantitative estimate of drug-likeness (QED) is 0.517. The van der Waals surface area contributed by atoms with E-state index in [9.17, 15) is 18.8 Å². The van der Waals surface area contributed by atoms with E-state index in [-0.39, 0.29) is 28.1 Å². The predicted molar refractivity (Wildman–Crippen MR) is 107 cm³/mol. The van der Waals surface area contributed by atoms with Crippen LogP contribution in [0.4, 0.5) is 10.1 Å². The summed E-state index contributed by atoms with van der Waals surface area (Å²) in [7, 11) is 0. The minimum atomic E-state index is -0.663. The number of benzene rings is 2. The van der Waals surface area contributed by atoms with Crippen molar-refractivity contribution in [3.05, 3.63) is 52.3 Å². The molecule has 0 aliphatic rings. The van der Waals surface area contributed by atoms with Crippen molar-refractivity contribution < 1.29 is 28.2 Å². The topological polar surface area (TPSA) is 72.9 Å². The van der Waals surface area contributed by atoms with Crippen LogP contribution in [0.25, 0.3) is 0 Å². The second-order valence-corrected chi connectivity index (χ2v) is 7.07. The Morgan fingerprint density at radius 2 is 1.59 bits per heavy atom. The lowest BCUT2D eigenvalue weighted by molar-refractivity contribution is -0.132. The van der Waals surface area contributed by atoms with Crippen LogP contribution in [0.3, 0.4) is 0 Å². The van der Waals surface area contributed by atoms with Gasteiger partial charge in [0.05, 0.1) is 10.6 Å². The summed E-state index contributed by atoms with van der Waals surface area (Å²) in [5.74, 6) is -2.36. The number of hydrogen-bond donors (Lipinski definition) is 0. The molecule has 29 heavy (non-hydrogen) atoms. The molecule has 0 aliphatic heterocycles. The second kappa shape index (κ2) is 9.05. The van der Waals surface area contributed by atoms with Gasteiger partial charge in [-0.15, -0.1) is 0 Å². The molecule has 0 spiro atoms. The van der Waals surface area contributed by atoms with Crippen molar-refractivity contribution in [2.24, 2.45) is 0 Å². The van der Waals surface area contributed by atoms with Gasteiger partial charge in [0.1, 0.15) is 11.6 Å². The molecule has 0 unspecified atom stereocenters. The van der Waals surface area contributed by atoms with E-state index in [1.807, 2.05) is 0 Å². The Morgan fingerprint density at radius 1 is 1.00 bits per heavy atom. The van der Waals surface area contributed by atoms with E-state index < -0.39 is 23.7 Å². The van der Waals surface area contributed by atoms with Gasteiger partial charge in [-0.3, -0.25) is 14.4 Å². The predicted octanol–water partition coefficient (Wildman–Crippen LogP) is 4.69. The van der Waals surface area contributed by atoms with Crippen molar-refractivity contribution in [1.29, 1.82) is 0 Å². The summed E-state index contributed by atoms with van der Waals surface area (Å²) >= 11 is 6.17. The lowest BCUT2D eigenvalue weighted by Gasteiger charge is -2.29. The van der Waals surface area contributed by atoms with Gasteiger partial charge in [0.2, 0.25) is 0 Å². The number of aryl methyl sites for hydroxylation is 1. The van der Waals surface area contributed by atoms with E-state index >= 15 is 0 Å². The molecular weight excluding hydrogens is 401 g/mol. The lowest BCUT2D eigenvalue weighted by Crippen LogP contribution is -2.38. The van der Waals surface area contributed by atoms with Crippen LogP contribution in [0, 0.1) is 12.7 Å². The molecule has 0 aromatic heterocycles. The maximum absolute atomic E-state index is 13.5. The van der Waals surface area contributed by atoms with Crippen LogP contribution >= 0.6 is 11.6 Å². The summed E-state index contributed by atoms with van der Waals surface area (Å²) in [6.45, 7) is 7.64. The van der Waals surface area contributed by atoms with E-state index in [1.54, 1.807) is 20.8 Å². The van der Waals surface area contributed by atoms with Crippen molar-refractivity contribution in [1.82, 2.24) is 0 Å². The van der Waals surface area contributed by atoms with Gasteiger partial charge in [0.15, 0.2) is 5.75 Å². The molecule has 2 aromatic rings. The van der Waals surface area contributed by atoms with Crippen LogP contribution in [0.2, 0.25) is 5.02 Å². The van der Waals surface area contributed by atoms with Gasteiger partial charge in [0.25, 0.3) is 5.91 Å². The minimum absolute atomic E-state index is 0.000939. The average Bonchev–Trinajstić information content (AvgIpc) is 2.58. The molecule has 2 rings (SSSR count). The largest absolute Gasteiger partial charge is 0.426 e. The van der Waals surface area contributed by atoms with E-state index in [2.05, 4.69) is 0 Å². The lowest BCUT2D eigenvalue weighted by atomic mass is 10.1. The van der Waals surface area contributed by atoms with Crippen LogP contribution in [-0.4, -0.2) is 23.9 Å². The number of rotatable bonds is 5. The Bertz CT molecular complexity index is 974. The number of amides is 1. The summed E-state index contributed by atoms with van der Waals surface area (Å²) in [6.07, 6.45) is 0. The molecule has 0 aliphatic carbocycles. The van der Waals surface area contributed by atoms with E-state index in [1.165, 1.54) is 49.1 Å². The highest BCUT2D eigenvalue weighted by Gasteiger charge is 2.27. The van der Waals surface area contributed by atoms with Gasteiger partial charge in [-0.25, -0.2) is 4.39 Å². The molecule has 2 aromatic carbocycles. The third kappa shape index (κ3) is 5.32. The van der Waals surface area contributed by atoms with Gasteiger partial charge in [-0.1, -0.05) is 11.6 Å². The molecule has 0 saturated carbocycles. The van der Waals surface area contributed by atoms with E-state index in [4.69, 9.17) is 21.1 Å². The molecular formula is C21H21ClFNO5. The zero-order valence-electron chi connectivity index (χ0n) is 16.7. The first kappa shape index (κ1) is 22.4. The van der Waals surface area contributed by atoms with E-state index in [0.717, 1.165) is 0 Å². The SMILES string of the molecule is CC(=O)Oc1cc(OC(C)=O)c(C(=O)N(c2ccc(F)cc2C)C(C)C)cc1Cl. The Hall–Kier alpha value is -2.93. The number of carbonyl (C=O) groups is 3. The Morgan fingerprint density at radius 3 is 2.10 bits per heavy atom. The third-order valence-electron chi connectivity index (χ3n) is 3.93. The fourth-order valence-electron chi connectivity index (χ4n) is 2.82. The molecule has 0 heterocycles. The number of anilines is 1. The van der Waals surface area contributed by atoms with Crippen LogP contribution in [-0.2, 0) is 9.59 Å². The standard InChI is InChI=1S/C21H21ClFNO5/c1-11(2)24(18-7-6-15(23)8-12(18)3)21(27)16-9-17(22)20(29-14(5)26)10-19(16)28-13(4)25/h6-11H,1-5H3. The van der Waals surface area contributed by atoms with Crippen LogP contribution in [0.15, 0.2) is 30.3 Å². The average molecular weight is 422 g/mol. The van der Waals surface area contributed by atoms with Gasteiger partial charge in [0, 0.05) is 31.6 Å². The first-order valence-electron chi connectivity index (χ1n) is 8.81. The molecule has 6 nitrogen and oxygen atoms in total. The van der Waals surface area contributed by atoms with Crippen LogP contribution in [0.1, 0.15) is 43.6 Å². The second-order valence-electron chi connectivity index (χ2n) is 6.67. The van der Waals surface area contributed by atoms with Crippen LogP contribution in [0.5, 0.6) is 11.5 Å². The zero-order chi connectivity index (χ0) is 21.9. The van der Waals surface area contributed by atoms with Gasteiger partial charge >= 0.3 is 11.9 Å². The summed E-state index contributed by atoms with van der Waals surface area (Å²) in [6, 6.07) is 6.27. The monoisotopic (exact) mass is 421 g/mol. The molecule has 8 heteroatoms. The maximum Gasteiger partial charge on any atom is 0.308 e. The molecule has 0 atom stereocenters. The smallest absolute Gasteiger partial charge is 0.308 e. The Kier molecular flexibility index (Phi) is 6.97. The number of carbonyl (C=O) groups excluding carboxylic acids is 3. The first-order chi connectivity index (χ1) is 13.5. The van der Waals surface area contributed by atoms with Crippen molar-refractivity contribution in [3.63, 3.8) is 0 Å². The summed E-state index contributed by atoms with van der Waals surface area (Å²) in [4.78, 5) is 37.6. The van der Waals surface area contributed by atoms with Crippen molar-refractivity contribution >= 4 is 35.1 Å². The molecule has 0 radical (unpaired) electrons. The van der Waals surface area contributed by atoms with Crippen molar-refractivity contribution in [3.8, 4) is 11.5 Å². The summed E-state index contributed by atoms with van der Waals surface area (Å²) in [5, 5.41) is -0.000939. The fourth-order valence-corrected chi connectivity index (χ4v) is 3.02. The van der Waals surface area contributed by atoms with Crippen molar-refractivity contribution in [2.45, 2.75) is 40.7 Å². The molecule has 0 fully saturated rings. The van der Waals surface area contributed by atoms with Gasteiger partial charge in [-0.05, 0) is 50.6 Å². The number of ether oxygens (including phenoxy) is 2. The molecule has 0 N–H and O–H groups in total. The third-order valence-corrected chi connectivity index (χ3v) is 4.22. The van der Waals surface area contributed by atoms with E-state index in [0.29, 0.717) is 11.3 Å². The Balaban J connectivity index is 2.62. The normalized spacial score (nSPS) is 10.6. The number of hydrogen-bond acceptors (Lipinski definition) is 5. The first-order valence-corrected chi connectivity index (χ1v) is 9.19. The zero-order valence-corrected chi connectivity index (χ0v) is 17.5. The summed E-state index contributed by atoms with van der Waals surface area (Å²) < 4.78 is 23.7. The van der Waals surface area contributed by atoms with Gasteiger partial charge in [-0.2, -0.15) is 0 Å².